The van der Waals surface area contributed by atoms with Crippen LogP contribution in [0.15, 0.2) is 42.0 Å². The summed E-state index contributed by atoms with van der Waals surface area (Å²) in [6.07, 6.45) is 3.78. The van der Waals surface area contributed by atoms with Crippen molar-refractivity contribution in [2.45, 2.75) is 13.3 Å². The van der Waals surface area contributed by atoms with E-state index in [0.29, 0.717) is 6.42 Å². The van der Waals surface area contributed by atoms with Crippen LogP contribution < -0.4 is 5.43 Å². The van der Waals surface area contributed by atoms with Gasteiger partial charge in [0.2, 0.25) is 5.91 Å². The molecule has 96 valence electrons. The van der Waals surface area contributed by atoms with Crippen LogP contribution in [0.2, 0.25) is 0 Å². The lowest BCUT2D eigenvalue weighted by Crippen LogP contribution is -2.31. The number of carbonyl (C=O) groups is 1. The summed E-state index contributed by atoms with van der Waals surface area (Å²) in [6.45, 7) is 2.01. The van der Waals surface area contributed by atoms with Crippen LogP contribution in [0, 0.1) is 5.92 Å². The standard InChI is InChI=1S/C13H13N5O/c1-9-6-12(19)16-17-13(9)10-2-4-11(5-3-10)18-7-14-15-8-18/h2-5,7-9H,6H2,1H3,(H,16,19). The molecule has 0 aliphatic carbocycles. The number of hydrogen-bond acceptors (Lipinski definition) is 4. The highest BCUT2D eigenvalue weighted by Crippen LogP contribution is 2.17. The van der Waals surface area contributed by atoms with Crippen molar-refractivity contribution in [3.63, 3.8) is 0 Å². The molecule has 1 aliphatic heterocycles. The smallest absolute Gasteiger partial charge is 0.240 e. The summed E-state index contributed by atoms with van der Waals surface area (Å²) in [5.74, 6) is 0.104. The van der Waals surface area contributed by atoms with E-state index in [2.05, 4.69) is 20.7 Å². The van der Waals surface area contributed by atoms with Crippen LogP contribution in [0.4, 0.5) is 0 Å². The minimum atomic E-state index is -0.0302. The molecule has 0 bridgehead atoms. The molecule has 1 unspecified atom stereocenters. The first kappa shape index (κ1) is 11.6. The molecule has 3 rings (SSSR count). The number of hydrazone groups is 1. The van der Waals surface area contributed by atoms with Crippen LogP contribution in [0.25, 0.3) is 5.69 Å². The van der Waals surface area contributed by atoms with Crippen LogP contribution in [-0.4, -0.2) is 26.4 Å². The van der Waals surface area contributed by atoms with Gasteiger partial charge < -0.3 is 0 Å². The van der Waals surface area contributed by atoms with Gasteiger partial charge in [0.15, 0.2) is 0 Å². The minimum Gasteiger partial charge on any atom is -0.288 e. The normalized spacial score (nSPS) is 18.9. The van der Waals surface area contributed by atoms with E-state index < -0.39 is 0 Å². The Labute approximate surface area is 110 Å². The van der Waals surface area contributed by atoms with Gasteiger partial charge in [0.05, 0.1) is 5.71 Å². The number of benzene rings is 1. The van der Waals surface area contributed by atoms with E-state index in [0.717, 1.165) is 17.0 Å². The number of nitrogens with one attached hydrogen (secondary N) is 1. The SMILES string of the molecule is CC1CC(=O)NN=C1c1ccc(-n2cnnc2)cc1. The molecule has 1 aliphatic rings. The molecule has 0 saturated carbocycles. The van der Waals surface area contributed by atoms with Crippen LogP contribution in [-0.2, 0) is 4.79 Å². The van der Waals surface area contributed by atoms with Crippen molar-refractivity contribution < 1.29 is 4.79 Å². The molecule has 1 N–H and O–H groups in total. The Kier molecular flexibility index (Phi) is 2.83. The summed E-state index contributed by atoms with van der Waals surface area (Å²) in [5, 5.41) is 11.7. The molecule has 6 heteroatoms. The van der Waals surface area contributed by atoms with Crippen molar-refractivity contribution in [2.75, 3.05) is 0 Å². The summed E-state index contributed by atoms with van der Waals surface area (Å²) in [6, 6.07) is 7.93. The van der Waals surface area contributed by atoms with E-state index in [9.17, 15) is 4.79 Å². The number of nitrogens with zero attached hydrogens (tertiary/aromatic N) is 4. The van der Waals surface area contributed by atoms with E-state index in [-0.39, 0.29) is 11.8 Å². The first-order valence-electron chi connectivity index (χ1n) is 6.06. The van der Waals surface area contributed by atoms with Gasteiger partial charge in [0.1, 0.15) is 12.7 Å². The fourth-order valence-electron chi connectivity index (χ4n) is 2.14. The van der Waals surface area contributed by atoms with Crippen molar-refractivity contribution >= 4 is 11.6 Å². The summed E-state index contributed by atoms with van der Waals surface area (Å²) >= 11 is 0. The maximum atomic E-state index is 11.2. The van der Waals surface area contributed by atoms with Gasteiger partial charge in [-0.25, -0.2) is 5.43 Å². The van der Waals surface area contributed by atoms with E-state index in [1.807, 2.05) is 35.8 Å². The summed E-state index contributed by atoms with van der Waals surface area (Å²) in [4.78, 5) is 11.2. The Morgan fingerprint density at radius 2 is 1.89 bits per heavy atom. The number of hydrogen-bond donors (Lipinski definition) is 1. The quantitative estimate of drug-likeness (QED) is 0.874. The zero-order valence-electron chi connectivity index (χ0n) is 10.4. The maximum Gasteiger partial charge on any atom is 0.240 e. The van der Waals surface area contributed by atoms with Gasteiger partial charge in [0, 0.05) is 18.0 Å². The highest BCUT2D eigenvalue weighted by atomic mass is 16.2. The van der Waals surface area contributed by atoms with Crippen LogP contribution >= 0.6 is 0 Å². The molecular formula is C13H13N5O. The average Bonchev–Trinajstić information content (AvgIpc) is 2.93. The van der Waals surface area contributed by atoms with Crippen molar-refractivity contribution in [1.29, 1.82) is 0 Å². The second-order valence-corrected chi connectivity index (χ2v) is 4.55. The lowest BCUT2D eigenvalue weighted by molar-refractivity contribution is -0.121. The van der Waals surface area contributed by atoms with Gasteiger partial charge in [-0.1, -0.05) is 19.1 Å². The molecule has 19 heavy (non-hydrogen) atoms. The first-order valence-corrected chi connectivity index (χ1v) is 6.06. The molecule has 2 aromatic rings. The topological polar surface area (TPSA) is 72.2 Å². The fraction of sp³-hybridized carbons (Fsp3) is 0.231. The Bertz CT molecular complexity index is 615. The molecule has 2 heterocycles. The molecule has 1 aromatic carbocycles. The highest BCUT2D eigenvalue weighted by molar-refractivity contribution is 6.05. The van der Waals surface area contributed by atoms with E-state index in [4.69, 9.17) is 0 Å². The summed E-state index contributed by atoms with van der Waals surface area (Å²) < 4.78 is 1.83. The molecular weight excluding hydrogens is 242 g/mol. The largest absolute Gasteiger partial charge is 0.288 e. The molecule has 6 nitrogen and oxygen atoms in total. The fourth-order valence-corrected chi connectivity index (χ4v) is 2.14. The summed E-state index contributed by atoms with van der Waals surface area (Å²) in [7, 11) is 0. The third-order valence-corrected chi connectivity index (χ3v) is 3.14. The highest BCUT2D eigenvalue weighted by Gasteiger charge is 2.21. The Balaban J connectivity index is 1.89. The number of amides is 1. The van der Waals surface area contributed by atoms with Crippen LogP contribution in [0.5, 0.6) is 0 Å². The zero-order chi connectivity index (χ0) is 13.2. The van der Waals surface area contributed by atoms with Gasteiger partial charge in [-0.3, -0.25) is 9.36 Å². The predicted octanol–water partition coefficient (Wildman–Crippen LogP) is 1.13. The molecule has 0 fully saturated rings. The number of aromatic nitrogens is 3. The lowest BCUT2D eigenvalue weighted by atomic mass is 9.94. The van der Waals surface area contributed by atoms with E-state index >= 15 is 0 Å². The first-order chi connectivity index (χ1) is 9.24. The second kappa shape index (κ2) is 4.64. The van der Waals surface area contributed by atoms with Gasteiger partial charge >= 0.3 is 0 Å². The van der Waals surface area contributed by atoms with E-state index in [1.165, 1.54) is 0 Å². The van der Waals surface area contributed by atoms with Crippen LogP contribution in [0.3, 0.4) is 0 Å². The Morgan fingerprint density at radius 3 is 2.53 bits per heavy atom. The van der Waals surface area contributed by atoms with Crippen molar-refractivity contribution in [2.24, 2.45) is 11.0 Å². The molecule has 1 aromatic heterocycles. The lowest BCUT2D eigenvalue weighted by Gasteiger charge is -2.19. The Morgan fingerprint density at radius 1 is 1.21 bits per heavy atom. The Hall–Kier alpha value is -2.50. The summed E-state index contributed by atoms with van der Waals surface area (Å²) in [5.41, 5.74) is 5.44. The zero-order valence-corrected chi connectivity index (χ0v) is 10.4. The van der Waals surface area contributed by atoms with Gasteiger partial charge in [-0.2, -0.15) is 5.10 Å². The second-order valence-electron chi connectivity index (χ2n) is 4.55. The third-order valence-electron chi connectivity index (χ3n) is 3.14. The van der Waals surface area contributed by atoms with Crippen LogP contribution in [0.1, 0.15) is 18.9 Å². The molecule has 1 amide bonds. The van der Waals surface area contributed by atoms with Crippen molar-refractivity contribution in [3.05, 3.63) is 42.5 Å². The van der Waals surface area contributed by atoms with Gasteiger partial charge in [-0.05, 0) is 17.7 Å². The van der Waals surface area contributed by atoms with E-state index in [1.54, 1.807) is 12.7 Å². The predicted molar refractivity (Wildman–Crippen MR) is 69.8 cm³/mol. The maximum absolute atomic E-state index is 11.2. The van der Waals surface area contributed by atoms with Gasteiger partial charge in [-0.15, -0.1) is 10.2 Å². The molecule has 0 saturated heterocycles. The average molecular weight is 255 g/mol. The monoisotopic (exact) mass is 255 g/mol. The third kappa shape index (κ3) is 2.24. The van der Waals surface area contributed by atoms with Crippen molar-refractivity contribution in [3.8, 4) is 5.69 Å². The molecule has 0 radical (unpaired) electrons. The van der Waals surface area contributed by atoms with Gasteiger partial charge in [0.25, 0.3) is 0 Å². The number of carbonyl (C=O) groups excluding carboxylic acids is 1. The number of rotatable bonds is 2. The minimum absolute atomic E-state index is 0.0302. The molecule has 0 spiro atoms. The molecule has 1 atom stereocenters. The van der Waals surface area contributed by atoms with Crippen molar-refractivity contribution in [1.82, 2.24) is 20.2 Å².